The van der Waals surface area contributed by atoms with Crippen molar-refractivity contribution >= 4 is 26.6 Å². The normalized spacial score (nSPS) is 4.11. The molecule has 0 aliphatic rings. The Morgan fingerprint density at radius 2 is 1.11 bits per heavy atom. The molecule has 18 heavy (non-hydrogen) atoms. The van der Waals surface area contributed by atoms with Crippen molar-refractivity contribution in [1.82, 2.24) is 4.90 Å². The summed E-state index contributed by atoms with van der Waals surface area (Å²) >= 11 is 3.47. The van der Waals surface area contributed by atoms with Crippen LogP contribution in [0.4, 0.5) is 0 Å². The molecule has 0 radical (unpaired) electrons. The summed E-state index contributed by atoms with van der Waals surface area (Å²) in [7, 11) is 4.01. The van der Waals surface area contributed by atoms with Gasteiger partial charge in [-0.15, -0.1) is 0 Å². The summed E-state index contributed by atoms with van der Waals surface area (Å²) in [6.45, 7) is 22.5. The molecule has 6 nitrogen and oxygen atoms in total. The number of rotatable bonds is 1. The molecule has 0 aliphatic heterocycles. The van der Waals surface area contributed by atoms with Gasteiger partial charge in [0, 0.05) is 0 Å². The van der Waals surface area contributed by atoms with Crippen LogP contribution in [-0.2, 0) is 42.6 Å². The summed E-state index contributed by atoms with van der Waals surface area (Å²) in [5, 5.41) is 0. The molecule has 0 saturated carbocycles. The van der Waals surface area contributed by atoms with E-state index in [4.69, 9.17) is 23.3 Å². The van der Waals surface area contributed by atoms with Crippen LogP contribution in [0.5, 0.6) is 0 Å². The Hall–Kier alpha value is -0.492. The van der Waals surface area contributed by atoms with Gasteiger partial charge >= 0.3 is 131 Å². The molecule has 0 aromatic carbocycles. The molecule has 0 atom stereocenters. The topological polar surface area (TPSA) is 103 Å². The molecular formula is C10H6INO5W. The van der Waals surface area contributed by atoms with Gasteiger partial charge in [0.05, 0.1) is 0 Å². The molecule has 0 spiro atoms. The van der Waals surface area contributed by atoms with Crippen molar-refractivity contribution in [3.8, 4) is 9.85 Å². The van der Waals surface area contributed by atoms with Crippen LogP contribution in [0, 0.1) is 43.1 Å². The standard InChI is InChI=1S/C5H6IN.5CO.W/c1-7(2)5-3-4-6;5*1-2;/h1-2H3;;;;;;. The number of nitrogens with zero attached hydrogens (tertiary/aromatic N) is 1. The van der Waals surface area contributed by atoms with Gasteiger partial charge in [-0.25, -0.2) is 0 Å². The molecule has 0 amide bonds. The summed E-state index contributed by atoms with van der Waals surface area (Å²) in [6, 6.07) is 0. The first-order valence-corrected chi connectivity index (χ1v) is 5.58. The Kier molecular flexibility index (Phi) is 141. The third-order valence-electron chi connectivity index (χ3n) is 0.560. The van der Waals surface area contributed by atoms with Crippen LogP contribution in [-0.4, -0.2) is 23.0 Å². The Morgan fingerprint density at radius 1 is 0.889 bits per heavy atom. The summed E-state index contributed by atoms with van der Waals surface area (Å²) in [6.07, 6.45) is 0. The molecule has 0 rings (SSSR count). The van der Waals surface area contributed by atoms with Crippen molar-refractivity contribution in [1.29, 1.82) is 0 Å². The van der Waals surface area contributed by atoms with Gasteiger partial charge in [-0.2, -0.15) is 0 Å². The first-order chi connectivity index (χ1) is 8.68. The zero-order chi connectivity index (χ0) is 16.6. The fourth-order valence-electron chi connectivity index (χ4n) is 0.152. The second-order valence-electron chi connectivity index (χ2n) is 1.42. The van der Waals surface area contributed by atoms with E-state index in [9.17, 15) is 0 Å². The van der Waals surface area contributed by atoms with Crippen LogP contribution in [0.25, 0.3) is 0 Å². The van der Waals surface area contributed by atoms with E-state index in [0.717, 1.165) is 0 Å². The summed E-state index contributed by atoms with van der Waals surface area (Å²) in [5.41, 5.74) is 0. The fourth-order valence-corrected chi connectivity index (χ4v) is 1.31. The molecule has 0 unspecified atom stereocenters. The minimum absolute atomic E-state index is 1.18. The molecule has 94 valence electrons. The Morgan fingerprint density at radius 3 is 1.17 bits per heavy atom. The van der Waals surface area contributed by atoms with E-state index in [1.165, 1.54) is 23.4 Å². The number of hydrogen-bond acceptors (Lipinski definition) is 1. The molecule has 8 heteroatoms. The van der Waals surface area contributed by atoms with Crippen molar-refractivity contribution in [3.63, 3.8) is 0 Å². The molecule has 0 aromatic rings. The summed E-state index contributed by atoms with van der Waals surface area (Å²) in [4.78, 5) is 2.03. The van der Waals surface area contributed by atoms with Crippen molar-refractivity contribution in [3.05, 3.63) is 33.3 Å². The molecule has 0 N–H and O–H groups in total. The summed E-state index contributed by atoms with van der Waals surface area (Å²) in [5.74, 6) is 2.96. The van der Waals surface area contributed by atoms with Crippen LogP contribution in [0.3, 0.4) is 0 Å². The quantitative estimate of drug-likeness (QED) is 0.209. The van der Waals surface area contributed by atoms with Crippen LogP contribution >= 0.6 is 22.6 Å². The minimum atomic E-state index is 1.18. The third kappa shape index (κ3) is 77.1. The Labute approximate surface area is 131 Å². The molecular weight excluding hydrogens is 525 g/mol. The summed E-state index contributed by atoms with van der Waals surface area (Å²) < 4.78 is 41.5. The van der Waals surface area contributed by atoms with Gasteiger partial charge in [-0.3, -0.25) is 0 Å². The van der Waals surface area contributed by atoms with E-state index in [1.807, 2.05) is 41.6 Å². The van der Waals surface area contributed by atoms with Crippen LogP contribution < -0.4 is 0 Å². The van der Waals surface area contributed by atoms with Crippen LogP contribution in [0.1, 0.15) is 0 Å². The van der Waals surface area contributed by atoms with Crippen molar-refractivity contribution in [2.75, 3.05) is 14.1 Å². The third-order valence-corrected chi connectivity index (χ3v) is 2.51. The monoisotopic (exact) mass is 531 g/mol. The van der Waals surface area contributed by atoms with Gasteiger partial charge < -0.3 is 0 Å². The van der Waals surface area contributed by atoms with Crippen molar-refractivity contribution in [2.24, 2.45) is 0 Å². The fraction of sp³-hybridized carbons (Fsp3) is 0.200. The maximum absolute atomic E-state index is 7.50. The van der Waals surface area contributed by atoms with Gasteiger partial charge in [0.15, 0.2) is 0 Å². The van der Waals surface area contributed by atoms with E-state index in [1.54, 1.807) is 0 Å². The van der Waals surface area contributed by atoms with Crippen molar-refractivity contribution in [2.45, 2.75) is 0 Å². The molecule has 0 bridgehead atoms. The van der Waals surface area contributed by atoms with Crippen LogP contribution in [0.2, 0.25) is 0 Å². The predicted molar refractivity (Wildman–Crippen MR) is 60.1 cm³/mol. The predicted octanol–water partition coefficient (Wildman–Crippen LogP) is 0.433. The number of halogens is 1. The van der Waals surface area contributed by atoms with E-state index in [-0.39, 0.29) is 0 Å². The average Bonchev–Trinajstić information content (AvgIpc) is 2.49. The van der Waals surface area contributed by atoms with Crippen LogP contribution in [0.15, 0.2) is 0 Å². The Balaban J connectivity index is -0.0000000304. The first-order valence-electron chi connectivity index (χ1n) is 3.03. The molecule has 0 aromatic heterocycles. The van der Waals surface area contributed by atoms with E-state index >= 15 is 0 Å². The zero-order valence-electron chi connectivity index (χ0n) is 9.27. The molecule has 0 aliphatic carbocycles. The van der Waals surface area contributed by atoms with Gasteiger partial charge in [-0.1, -0.05) is 0 Å². The second-order valence-corrected chi connectivity index (χ2v) is 3.35. The van der Waals surface area contributed by atoms with E-state index < -0.39 is 0 Å². The first kappa shape index (κ1) is 36.0. The second kappa shape index (κ2) is 70.4. The van der Waals surface area contributed by atoms with Gasteiger partial charge in [-0.05, 0) is 0 Å². The van der Waals surface area contributed by atoms with Crippen molar-refractivity contribution < 1.29 is 42.6 Å². The SMILES string of the molecule is CN(C)[C](=[W])C#CI.[C-]#[O+].[C-]#[O+].[C-]#[O+].[C-]#[O+].[C-]#[O+]. The molecule has 0 saturated heterocycles. The van der Waals surface area contributed by atoms with E-state index in [2.05, 4.69) is 43.1 Å². The Bertz CT molecular complexity index is 284. The maximum atomic E-state index is 7.50. The molecule has 0 fully saturated rings. The van der Waals surface area contributed by atoms with E-state index in [0.29, 0.717) is 0 Å². The van der Waals surface area contributed by atoms with Gasteiger partial charge in [0.2, 0.25) is 0 Å². The zero-order valence-corrected chi connectivity index (χ0v) is 14.4. The van der Waals surface area contributed by atoms with Gasteiger partial charge in [0.25, 0.3) is 0 Å². The molecule has 0 heterocycles. The average molecular weight is 531 g/mol. The van der Waals surface area contributed by atoms with Gasteiger partial charge in [0.1, 0.15) is 0 Å². The number of hydrogen-bond donors (Lipinski definition) is 0.